The van der Waals surface area contributed by atoms with E-state index in [4.69, 9.17) is 9.47 Å². The van der Waals surface area contributed by atoms with E-state index in [1.165, 1.54) is 5.56 Å². The maximum absolute atomic E-state index is 12.5. The van der Waals surface area contributed by atoms with E-state index in [9.17, 15) is 20.1 Å². The van der Waals surface area contributed by atoms with Crippen molar-refractivity contribution in [3.63, 3.8) is 0 Å². The van der Waals surface area contributed by atoms with E-state index < -0.39 is 23.7 Å². The zero-order chi connectivity index (χ0) is 29.9. The van der Waals surface area contributed by atoms with Gasteiger partial charge in [0.1, 0.15) is 17.6 Å². The number of carbonyl (C=O) groups is 1. The third kappa shape index (κ3) is 7.14. The highest BCUT2D eigenvalue weighted by molar-refractivity contribution is 5.75. The van der Waals surface area contributed by atoms with Gasteiger partial charge in [-0.3, -0.25) is 4.79 Å². The van der Waals surface area contributed by atoms with Crippen molar-refractivity contribution in [1.29, 1.82) is 0 Å². The van der Waals surface area contributed by atoms with Gasteiger partial charge in [-0.05, 0) is 55.0 Å². The number of phenolic OH excluding ortho intramolecular Hbond substituents is 1. The second-order valence-electron chi connectivity index (χ2n) is 12.6. The summed E-state index contributed by atoms with van der Waals surface area (Å²) in [5, 5.41) is 35.7. The molecule has 1 saturated heterocycles. The van der Waals surface area contributed by atoms with Gasteiger partial charge in [0.25, 0.3) is 0 Å². The minimum absolute atomic E-state index is 0.0272. The van der Waals surface area contributed by atoms with Crippen LogP contribution in [-0.2, 0) is 27.1 Å². The van der Waals surface area contributed by atoms with E-state index in [0.717, 1.165) is 35.1 Å². The number of carbonyl (C=O) groups excluding carboxylic acids is 1. The molecule has 0 spiro atoms. The molecular weight excluding hydrogens is 518 g/mol. The van der Waals surface area contributed by atoms with Crippen LogP contribution in [0.2, 0.25) is 0 Å². The highest BCUT2D eigenvalue weighted by Crippen LogP contribution is 2.42. The summed E-state index contributed by atoms with van der Waals surface area (Å²) < 4.78 is 12.6. The molecule has 6 atom stereocenters. The van der Waals surface area contributed by atoms with Gasteiger partial charge in [-0.2, -0.15) is 0 Å². The molecule has 4 rings (SSSR count). The van der Waals surface area contributed by atoms with Crippen LogP contribution in [0.3, 0.4) is 0 Å². The van der Waals surface area contributed by atoms with E-state index in [-0.39, 0.29) is 29.8 Å². The molecule has 1 fully saturated rings. The molecule has 4 N–H and O–H groups in total. The fourth-order valence-electron chi connectivity index (χ4n) is 6.20. The standard InChI is InChI=1S/C34H47NO6/c1-20-15-27(36)21(2)26-17-29(40-23(4)33(20)26)22(3)28(37)18-31-34(5,6)30(38)16-25(41-31)19-35-32(39)14-10-13-24-11-8-7-9-12-24/h7-9,11-12,15,22,25,28-31,36-38H,4,10,13-14,16-19H2,1-3,5-6H3,(H,35,39)/t22-,25-,28+,29-,30-,31?/m1/s1. The van der Waals surface area contributed by atoms with Crippen LogP contribution in [-0.4, -0.2) is 58.3 Å². The Hall–Kier alpha value is -2.87. The first-order valence-electron chi connectivity index (χ1n) is 14.9. The number of rotatable bonds is 10. The molecule has 0 bridgehead atoms. The SMILES string of the molecule is C=C1O[C@@H]([C@H](C)[C@@H](O)CC2O[C@@H](CNC(=O)CCCc3ccccc3)C[C@@H](O)C2(C)C)Cc2c(C)c(O)cc(C)c21. The second-order valence-corrected chi connectivity index (χ2v) is 12.6. The Kier molecular flexibility index (Phi) is 9.83. The zero-order valence-electron chi connectivity index (χ0n) is 25.2. The third-order valence-electron chi connectivity index (χ3n) is 9.28. The molecule has 0 saturated carbocycles. The number of phenols is 1. The van der Waals surface area contributed by atoms with Crippen LogP contribution >= 0.6 is 0 Å². The first-order valence-corrected chi connectivity index (χ1v) is 14.9. The fourth-order valence-corrected chi connectivity index (χ4v) is 6.20. The average Bonchev–Trinajstić information content (AvgIpc) is 2.93. The van der Waals surface area contributed by atoms with Crippen molar-refractivity contribution in [2.24, 2.45) is 11.3 Å². The van der Waals surface area contributed by atoms with E-state index in [2.05, 4.69) is 24.0 Å². The molecule has 1 amide bonds. The largest absolute Gasteiger partial charge is 0.508 e. The molecule has 2 aliphatic rings. The number of aliphatic hydroxyl groups is 2. The Morgan fingerprint density at radius 2 is 1.93 bits per heavy atom. The lowest BCUT2D eigenvalue weighted by molar-refractivity contribution is -0.185. The summed E-state index contributed by atoms with van der Waals surface area (Å²) in [7, 11) is 0. The number of ether oxygens (including phenoxy) is 2. The highest BCUT2D eigenvalue weighted by atomic mass is 16.5. The van der Waals surface area contributed by atoms with E-state index >= 15 is 0 Å². The predicted molar refractivity (Wildman–Crippen MR) is 160 cm³/mol. The summed E-state index contributed by atoms with van der Waals surface area (Å²) in [6.07, 6.45) is 0.912. The monoisotopic (exact) mass is 565 g/mol. The van der Waals surface area contributed by atoms with Crippen LogP contribution in [0.25, 0.3) is 5.76 Å². The van der Waals surface area contributed by atoms with Crippen LogP contribution in [0, 0.1) is 25.2 Å². The topological polar surface area (TPSA) is 108 Å². The van der Waals surface area contributed by atoms with E-state index in [0.29, 0.717) is 38.0 Å². The number of hydrogen-bond acceptors (Lipinski definition) is 6. The van der Waals surface area contributed by atoms with Crippen molar-refractivity contribution in [1.82, 2.24) is 5.32 Å². The Balaban J connectivity index is 1.33. The van der Waals surface area contributed by atoms with Crippen molar-refractivity contribution < 1.29 is 29.6 Å². The van der Waals surface area contributed by atoms with Gasteiger partial charge in [0.2, 0.25) is 5.91 Å². The van der Waals surface area contributed by atoms with Crippen LogP contribution in [0.5, 0.6) is 5.75 Å². The lowest BCUT2D eigenvalue weighted by Crippen LogP contribution is -2.54. The number of aromatic hydroxyl groups is 1. The molecule has 2 aromatic carbocycles. The number of aryl methyl sites for hydroxylation is 2. The maximum Gasteiger partial charge on any atom is 0.220 e. The first kappa shape index (κ1) is 31.1. The lowest BCUT2D eigenvalue weighted by atomic mass is 9.73. The zero-order valence-corrected chi connectivity index (χ0v) is 25.2. The number of benzene rings is 2. The molecular formula is C34H47NO6. The molecule has 0 radical (unpaired) electrons. The lowest BCUT2D eigenvalue weighted by Gasteiger charge is -2.47. The molecule has 224 valence electrons. The van der Waals surface area contributed by atoms with Crippen molar-refractivity contribution in [3.8, 4) is 5.75 Å². The molecule has 7 heteroatoms. The molecule has 0 aliphatic carbocycles. The van der Waals surface area contributed by atoms with Gasteiger partial charge >= 0.3 is 0 Å². The van der Waals surface area contributed by atoms with Crippen LogP contribution in [0.1, 0.15) is 74.3 Å². The Bertz CT molecular complexity index is 1230. The Labute approximate surface area is 244 Å². The number of aliphatic hydroxyl groups excluding tert-OH is 2. The molecule has 1 unspecified atom stereocenters. The summed E-state index contributed by atoms with van der Waals surface area (Å²) in [5.41, 5.74) is 4.31. The summed E-state index contributed by atoms with van der Waals surface area (Å²) in [4.78, 5) is 12.5. The molecule has 41 heavy (non-hydrogen) atoms. The minimum Gasteiger partial charge on any atom is -0.508 e. The van der Waals surface area contributed by atoms with Crippen molar-refractivity contribution in [2.45, 2.75) is 104 Å². The van der Waals surface area contributed by atoms with E-state index in [1.807, 2.05) is 52.8 Å². The average molecular weight is 566 g/mol. The quantitative estimate of drug-likeness (QED) is 0.323. The highest BCUT2D eigenvalue weighted by Gasteiger charge is 2.46. The Morgan fingerprint density at radius 1 is 1.22 bits per heavy atom. The smallest absolute Gasteiger partial charge is 0.220 e. The number of amides is 1. The molecule has 2 heterocycles. The second kappa shape index (κ2) is 13.0. The van der Waals surface area contributed by atoms with Gasteiger partial charge in [0, 0.05) is 49.1 Å². The number of fused-ring (bicyclic) bond motifs is 1. The van der Waals surface area contributed by atoms with E-state index in [1.54, 1.807) is 6.07 Å². The normalized spacial score (nSPS) is 25.1. The van der Waals surface area contributed by atoms with Crippen LogP contribution in [0.15, 0.2) is 43.0 Å². The first-order chi connectivity index (χ1) is 19.4. The Morgan fingerprint density at radius 3 is 2.63 bits per heavy atom. The maximum atomic E-state index is 12.5. The fraction of sp³-hybridized carbons (Fsp3) is 0.559. The van der Waals surface area contributed by atoms with Crippen LogP contribution in [0.4, 0.5) is 0 Å². The van der Waals surface area contributed by atoms with Gasteiger partial charge in [-0.25, -0.2) is 0 Å². The van der Waals surface area contributed by atoms with Gasteiger partial charge in [0.15, 0.2) is 0 Å². The molecule has 7 nitrogen and oxygen atoms in total. The molecule has 0 aromatic heterocycles. The minimum atomic E-state index is -0.754. The summed E-state index contributed by atoms with van der Waals surface area (Å²) in [5.74, 6) is 0.535. The van der Waals surface area contributed by atoms with Gasteiger partial charge in [-0.1, -0.05) is 57.7 Å². The van der Waals surface area contributed by atoms with Crippen molar-refractivity contribution in [3.05, 3.63) is 70.8 Å². The third-order valence-corrected chi connectivity index (χ3v) is 9.28. The van der Waals surface area contributed by atoms with Crippen molar-refractivity contribution >= 4 is 11.7 Å². The van der Waals surface area contributed by atoms with Gasteiger partial charge < -0.3 is 30.1 Å². The summed E-state index contributed by atoms with van der Waals surface area (Å²) >= 11 is 0. The molecule has 2 aliphatic heterocycles. The van der Waals surface area contributed by atoms with Crippen molar-refractivity contribution in [2.75, 3.05) is 6.54 Å². The number of hydrogen-bond donors (Lipinski definition) is 4. The number of nitrogens with one attached hydrogen (secondary N) is 1. The summed E-state index contributed by atoms with van der Waals surface area (Å²) in [6, 6.07) is 11.9. The van der Waals surface area contributed by atoms with Crippen LogP contribution < -0.4 is 5.32 Å². The summed E-state index contributed by atoms with van der Waals surface area (Å²) in [6.45, 7) is 14.2. The predicted octanol–water partition coefficient (Wildman–Crippen LogP) is 4.99. The van der Waals surface area contributed by atoms with Gasteiger partial charge in [0.05, 0.1) is 24.4 Å². The van der Waals surface area contributed by atoms with Gasteiger partial charge in [-0.15, -0.1) is 0 Å². The molecule has 2 aromatic rings.